The Kier molecular flexibility index (Phi) is 3.16. The zero-order valence-electron chi connectivity index (χ0n) is 8.29. The van der Waals surface area contributed by atoms with E-state index in [2.05, 4.69) is 21.6 Å². The van der Waals surface area contributed by atoms with E-state index < -0.39 is 0 Å². The van der Waals surface area contributed by atoms with Crippen molar-refractivity contribution in [3.05, 3.63) is 17.5 Å². The number of H-pyrrole nitrogens is 1. The number of aliphatic hydroxyl groups is 1. The molecule has 1 aliphatic rings. The number of nitrogens with one attached hydrogen (secondary N) is 2. The molecule has 0 amide bonds. The van der Waals surface area contributed by atoms with Gasteiger partial charge in [0.05, 0.1) is 11.7 Å². The van der Waals surface area contributed by atoms with Gasteiger partial charge in [0, 0.05) is 18.7 Å². The summed E-state index contributed by atoms with van der Waals surface area (Å²) in [5.74, 6) is 0. The Hall–Kier alpha value is -0.870. The van der Waals surface area contributed by atoms with E-state index in [4.69, 9.17) is 5.11 Å². The average molecular weight is 195 g/mol. The molecule has 0 radical (unpaired) electrons. The molecule has 14 heavy (non-hydrogen) atoms. The first-order chi connectivity index (χ1) is 6.90. The first-order valence-electron chi connectivity index (χ1n) is 5.28. The van der Waals surface area contributed by atoms with Crippen LogP contribution in [0.5, 0.6) is 0 Å². The summed E-state index contributed by atoms with van der Waals surface area (Å²) in [6, 6.07) is 2.46. The largest absolute Gasteiger partial charge is 0.396 e. The van der Waals surface area contributed by atoms with Crippen LogP contribution in [0.1, 0.15) is 36.7 Å². The summed E-state index contributed by atoms with van der Waals surface area (Å²) in [5.41, 5.74) is 2.11. The molecule has 1 saturated heterocycles. The molecule has 3 N–H and O–H groups in total. The fourth-order valence-electron chi connectivity index (χ4n) is 1.91. The lowest BCUT2D eigenvalue weighted by Gasteiger charge is -2.21. The molecule has 2 rings (SSSR count). The van der Waals surface area contributed by atoms with E-state index >= 15 is 0 Å². The van der Waals surface area contributed by atoms with E-state index in [1.807, 2.05) is 0 Å². The molecule has 1 aromatic rings. The van der Waals surface area contributed by atoms with E-state index in [1.165, 1.54) is 19.3 Å². The van der Waals surface area contributed by atoms with Gasteiger partial charge >= 0.3 is 0 Å². The van der Waals surface area contributed by atoms with Crippen molar-refractivity contribution in [2.75, 3.05) is 13.2 Å². The number of aliphatic hydroxyl groups excluding tert-OH is 1. The van der Waals surface area contributed by atoms with Crippen LogP contribution in [-0.2, 0) is 6.42 Å². The second-order valence-electron chi connectivity index (χ2n) is 3.79. The summed E-state index contributed by atoms with van der Waals surface area (Å²) in [6.45, 7) is 1.27. The summed E-state index contributed by atoms with van der Waals surface area (Å²) in [6.07, 6.45) is 4.38. The molecule has 0 aromatic carbocycles. The monoisotopic (exact) mass is 195 g/mol. The third-order valence-electron chi connectivity index (χ3n) is 2.70. The Balaban J connectivity index is 2.00. The quantitative estimate of drug-likeness (QED) is 0.667. The highest BCUT2D eigenvalue weighted by Gasteiger charge is 2.16. The number of aromatic nitrogens is 2. The zero-order valence-corrected chi connectivity index (χ0v) is 8.29. The Morgan fingerprint density at radius 3 is 3.14 bits per heavy atom. The van der Waals surface area contributed by atoms with Gasteiger partial charge in [-0.3, -0.25) is 5.10 Å². The highest BCUT2D eigenvalue weighted by Crippen LogP contribution is 2.21. The lowest BCUT2D eigenvalue weighted by Crippen LogP contribution is -2.26. The van der Waals surface area contributed by atoms with Crippen molar-refractivity contribution in [1.82, 2.24) is 15.5 Å². The predicted molar refractivity (Wildman–Crippen MR) is 54.0 cm³/mol. The van der Waals surface area contributed by atoms with E-state index in [9.17, 15) is 0 Å². The van der Waals surface area contributed by atoms with Gasteiger partial charge in [-0.2, -0.15) is 5.10 Å². The molecule has 0 saturated carbocycles. The standard InChI is InChI=1S/C10H17N3O/c14-6-4-8-7-10(13-12-8)9-3-1-2-5-11-9/h7,9,11,14H,1-6H2,(H,12,13)/t9-/m0/s1. The lowest BCUT2D eigenvalue weighted by molar-refractivity contribution is 0.298. The summed E-state index contributed by atoms with van der Waals surface area (Å²) >= 11 is 0. The Labute approximate surface area is 83.7 Å². The van der Waals surface area contributed by atoms with Crippen LogP contribution in [0, 0.1) is 0 Å². The number of nitrogens with zero attached hydrogens (tertiary/aromatic N) is 1. The highest BCUT2D eigenvalue weighted by molar-refractivity contribution is 5.13. The van der Waals surface area contributed by atoms with Gasteiger partial charge in [-0.1, -0.05) is 6.42 Å². The van der Waals surface area contributed by atoms with Crippen LogP contribution in [0.3, 0.4) is 0 Å². The SMILES string of the molecule is OCCc1cc([C@@H]2CCCCN2)n[nH]1. The van der Waals surface area contributed by atoms with Crippen LogP contribution in [-0.4, -0.2) is 28.5 Å². The van der Waals surface area contributed by atoms with Crippen LogP contribution < -0.4 is 5.32 Å². The van der Waals surface area contributed by atoms with Gasteiger partial charge in [0.25, 0.3) is 0 Å². The first kappa shape index (κ1) is 9.68. The smallest absolute Gasteiger partial charge is 0.0794 e. The van der Waals surface area contributed by atoms with Gasteiger partial charge in [0.1, 0.15) is 0 Å². The first-order valence-corrected chi connectivity index (χ1v) is 5.28. The van der Waals surface area contributed by atoms with Crippen molar-refractivity contribution < 1.29 is 5.11 Å². The maximum absolute atomic E-state index is 8.78. The van der Waals surface area contributed by atoms with Crippen molar-refractivity contribution in [2.45, 2.75) is 31.7 Å². The topological polar surface area (TPSA) is 60.9 Å². The zero-order chi connectivity index (χ0) is 9.80. The molecule has 78 valence electrons. The molecule has 4 heteroatoms. The van der Waals surface area contributed by atoms with Crippen LogP contribution in [0.4, 0.5) is 0 Å². The summed E-state index contributed by atoms with van der Waals surface area (Å²) < 4.78 is 0. The molecule has 4 nitrogen and oxygen atoms in total. The molecule has 0 aliphatic carbocycles. The van der Waals surface area contributed by atoms with Crippen molar-refractivity contribution >= 4 is 0 Å². The second kappa shape index (κ2) is 4.57. The van der Waals surface area contributed by atoms with Crippen LogP contribution in [0.25, 0.3) is 0 Å². The molecule has 1 fully saturated rings. The fraction of sp³-hybridized carbons (Fsp3) is 0.700. The minimum atomic E-state index is 0.180. The van der Waals surface area contributed by atoms with Gasteiger partial charge in [0.2, 0.25) is 0 Å². The molecular weight excluding hydrogens is 178 g/mol. The molecule has 0 unspecified atom stereocenters. The average Bonchev–Trinajstić information content (AvgIpc) is 2.68. The Bertz CT molecular complexity index is 279. The molecular formula is C10H17N3O. The molecule has 1 aromatic heterocycles. The molecule has 1 atom stereocenters. The third-order valence-corrected chi connectivity index (χ3v) is 2.70. The molecule has 0 spiro atoms. The minimum Gasteiger partial charge on any atom is -0.396 e. The lowest BCUT2D eigenvalue weighted by atomic mass is 10.0. The van der Waals surface area contributed by atoms with Gasteiger partial charge in [-0.05, 0) is 25.5 Å². The Morgan fingerprint density at radius 2 is 2.43 bits per heavy atom. The van der Waals surface area contributed by atoms with Gasteiger partial charge in [0.15, 0.2) is 0 Å². The van der Waals surface area contributed by atoms with Gasteiger partial charge < -0.3 is 10.4 Å². The minimum absolute atomic E-state index is 0.180. The summed E-state index contributed by atoms with van der Waals surface area (Å²) in [4.78, 5) is 0. The fourth-order valence-corrected chi connectivity index (χ4v) is 1.91. The summed E-state index contributed by atoms with van der Waals surface area (Å²) in [5, 5.41) is 19.4. The van der Waals surface area contributed by atoms with Crippen molar-refractivity contribution in [1.29, 1.82) is 0 Å². The predicted octanol–water partition coefficient (Wildman–Crippen LogP) is 0.759. The maximum atomic E-state index is 8.78. The number of hydrogen-bond donors (Lipinski definition) is 3. The number of rotatable bonds is 3. The van der Waals surface area contributed by atoms with E-state index in [0.29, 0.717) is 12.5 Å². The molecule has 0 bridgehead atoms. The number of aromatic amines is 1. The second-order valence-corrected chi connectivity index (χ2v) is 3.79. The maximum Gasteiger partial charge on any atom is 0.0794 e. The van der Waals surface area contributed by atoms with E-state index in [-0.39, 0.29) is 6.61 Å². The third kappa shape index (κ3) is 2.13. The molecule has 1 aliphatic heterocycles. The number of piperidine rings is 1. The van der Waals surface area contributed by atoms with Crippen molar-refractivity contribution in [3.63, 3.8) is 0 Å². The van der Waals surface area contributed by atoms with Gasteiger partial charge in [-0.25, -0.2) is 0 Å². The number of hydrogen-bond acceptors (Lipinski definition) is 3. The highest BCUT2D eigenvalue weighted by atomic mass is 16.3. The Morgan fingerprint density at radius 1 is 1.50 bits per heavy atom. The van der Waals surface area contributed by atoms with Crippen LogP contribution >= 0.6 is 0 Å². The van der Waals surface area contributed by atoms with Crippen molar-refractivity contribution in [2.24, 2.45) is 0 Å². The van der Waals surface area contributed by atoms with Crippen LogP contribution in [0.15, 0.2) is 6.07 Å². The van der Waals surface area contributed by atoms with E-state index in [1.54, 1.807) is 0 Å². The van der Waals surface area contributed by atoms with Crippen molar-refractivity contribution in [3.8, 4) is 0 Å². The van der Waals surface area contributed by atoms with Gasteiger partial charge in [-0.15, -0.1) is 0 Å². The van der Waals surface area contributed by atoms with E-state index in [0.717, 1.165) is 17.9 Å². The molecule has 2 heterocycles. The van der Waals surface area contributed by atoms with Crippen LogP contribution in [0.2, 0.25) is 0 Å². The normalized spacial score (nSPS) is 22.5. The summed E-state index contributed by atoms with van der Waals surface area (Å²) in [7, 11) is 0.